The van der Waals surface area contributed by atoms with E-state index in [1.165, 1.54) is 13.0 Å². The van der Waals surface area contributed by atoms with Crippen molar-refractivity contribution < 1.29 is 22.8 Å². The van der Waals surface area contributed by atoms with Gasteiger partial charge in [-0.1, -0.05) is 6.08 Å². The minimum Gasteiger partial charge on any atom is -0.389 e. The largest absolute Gasteiger partial charge is 0.389 e. The van der Waals surface area contributed by atoms with Crippen LogP contribution in [0.4, 0.5) is 0 Å². The van der Waals surface area contributed by atoms with Crippen molar-refractivity contribution in [3.8, 4) is 0 Å². The van der Waals surface area contributed by atoms with E-state index >= 15 is 0 Å². The zero-order valence-corrected chi connectivity index (χ0v) is 8.20. The lowest BCUT2D eigenvalue weighted by molar-refractivity contribution is -0.00495. The Balaban J connectivity index is 3.96. The third-order valence-corrected chi connectivity index (χ3v) is 2.16. The summed E-state index contributed by atoms with van der Waals surface area (Å²) in [5.74, 6) is -0.717. The van der Waals surface area contributed by atoms with Gasteiger partial charge in [0.05, 0.1) is 18.8 Å². The monoisotopic (exact) mass is 210 g/mol. The molecule has 0 saturated carbocycles. The SMILES string of the molecule is C=CCOC(C)C(O)CS(=O)(=O)O. The van der Waals surface area contributed by atoms with Gasteiger partial charge in [0, 0.05) is 0 Å². The van der Waals surface area contributed by atoms with Crippen molar-refractivity contribution in [2.45, 2.75) is 19.1 Å². The molecule has 0 aromatic rings. The molecule has 0 aromatic heterocycles. The average molecular weight is 210 g/mol. The van der Waals surface area contributed by atoms with Crippen molar-refractivity contribution in [1.29, 1.82) is 0 Å². The summed E-state index contributed by atoms with van der Waals surface area (Å²) in [5, 5.41) is 9.18. The van der Waals surface area contributed by atoms with Crippen LogP contribution in [-0.4, -0.2) is 42.6 Å². The fourth-order valence-corrected chi connectivity index (χ4v) is 1.38. The second-order valence-corrected chi connectivity index (χ2v) is 4.14. The lowest BCUT2D eigenvalue weighted by Crippen LogP contribution is -2.32. The van der Waals surface area contributed by atoms with Gasteiger partial charge in [0.15, 0.2) is 0 Å². The summed E-state index contributed by atoms with van der Waals surface area (Å²) >= 11 is 0. The van der Waals surface area contributed by atoms with Gasteiger partial charge in [-0.3, -0.25) is 4.55 Å². The number of rotatable bonds is 6. The summed E-state index contributed by atoms with van der Waals surface area (Å²) in [4.78, 5) is 0. The maximum atomic E-state index is 10.3. The van der Waals surface area contributed by atoms with E-state index in [-0.39, 0.29) is 6.61 Å². The van der Waals surface area contributed by atoms with Crippen LogP contribution in [0.3, 0.4) is 0 Å². The van der Waals surface area contributed by atoms with Crippen LogP contribution in [0.25, 0.3) is 0 Å². The van der Waals surface area contributed by atoms with Gasteiger partial charge < -0.3 is 9.84 Å². The summed E-state index contributed by atoms with van der Waals surface area (Å²) in [5.41, 5.74) is 0. The summed E-state index contributed by atoms with van der Waals surface area (Å²) in [6, 6.07) is 0. The highest BCUT2D eigenvalue weighted by Gasteiger charge is 2.20. The van der Waals surface area contributed by atoms with Crippen molar-refractivity contribution >= 4 is 10.1 Å². The molecule has 78 valence electrons. The third-order valence-electron chi connectivity index (χ3n) is 1.40. The number of hydrogen-bond acceptors (Lipinski definition) is 4. The van der Waals surface area contributed by atoms with Crippen LogP contribution < -0.4 is 0 Å². The Kier molecular flexibility index (Phi) is 5.16. The molecule has 5 nitrogen and oxygen atoms in total. The van der Waals surface area contributed by atoms with Crippen molar-refractivity contribution in [3.05, 3.63) is 12.7 Å². The second kappa shape index (κ2) is 5.33. The molecule has 0 saturated heterocycles. The number of aliphatic hydroxyl groups is 1. The lowest BCUT2D eigenvalue weighted by Gasteiger charge is -2.16. The molecule has 13 heavy (non-hydrogen) atoms. The summed E-state index contributed by atoms with van der Waals surface area (Å²) in [7, 11) is -4.15. The highest BCUT2D eigenvalue weighted by Crippen LogP contribution is 2.01. The summed E-state index contributed by atoms with van der Waals surface area (Å²) in [6.07, 6.45) is -0.397. The Hall–Kier alpha value is -0.430. The van der Waals surface area contributed by atoms with Crippen molar-refractivity contribution in [2.24, 2.45) is 0 Å². The average Bonchev–Trinajstić information content (AvgIpc) is 1.96. The van der Waals surface area contributed by atoms with Gasteiger partial charge >= 0.3 is 0 Å². The molecule has 0 spiro atoms. The maximum absolute atomic E-state index is 10.3. The first kappa shape index (κ1) is 12.6. The van der Waals surface area contributed by atoms with Crippen LogP contribution >= 0.6 is 0 Å². The Morgan fingerprint density at radius 3 is 2.54 bits per heavy atom. The van der Waals surface area contributed by atoms with Gasteiger partial charge in [-0.15, -0.1) is 6.58 Å². The summed E-state index contributed by atoms with van der Waals surface area (Å²) < 4.78 is 34.0. The Morgan fingerprint density at radius 1 is 1.62 bits per heavy atom. The first-order valence-electron chi connectivity index (χ1n) is 3.72. The second-order valence-electron chi connectivity index (χ2n) is 2.64. The summed E-state index contributed by atoms with van der Waals surface area (Å²) in [6.45, 7) is 5.13. The fourth-order valence-electron chi connectivity index (χ4n) is 0.682. The molecule has 2 unspecified atom stereocenters. The lowest BCUT2D eigenvalue weighted by atomic mass is 10.2. The maximum Gasteiger partial charge on any atom is 0.267 e. The van der Waals surface area contributed by atoms with Gasteiger partial charge in [0.2, 0.25) is 0 Å². The van der Waals surface area contributed by atoms with E-state index < -0.39 is 28.1 Å². The van der Waals surface area contributed by atoms with Crippen LogP contribution in [0.15, 0.2) is 12.7 Å². The zero-order chi connectivity index (χ0) is 10.5. The van der Waals surface area contributed by atoms with Gasteiger partial charge in [0.25, 0.3) is 10.1 Å². The minimum atomic E-state index is -4.15. The highest BCUT2D eigenvalue weighted by atomic mass is 32.2. The molecule has 6 heteroatoms. The molecular weight excluding hydrogens is 196 g/mol. The Bertz CT molecular complexity index is 246. The Morgan fingerprint density at radius 2 is 2.15 bits per heavy atom. The number of hydrogen-bond donors (Lipinski definition) is 2. The van der Waals surface area contributed by atoms with Crippen molar-refractivity contribution in [1.82, 2.24) is 0 Å². The van der Waals surface area contributed by atoms with E-state index in [1.54, 1.807) is 0 Å². The van der Waals surface area contributed by atoms with Gasteiger partial charge in [-0.2, -0.15) is 8.42 Å². The van der Waals surface area contributed by atoms with Crippen LogP contribution in [0.2, 0.25) is 0 Å². The first-order chi connectivity index (χ1) is 5.87. The minimum absolute atomic E-state index is 0.226. The van der Waals surface area contributed by atoms with Crippen molar-refractivity contribution in [3.63, 3.8) is 0 Å². The van der Waals surface area contributed by atoms with E-state index in [9.17, 15) is 13.5 Å². The number of aliphatic hydroxyl groups excluding tert-OH is 1. The van der Waals surface area contributed by atoms with Crippen LogP contribution in [0.1, 0.15) is 6.92 Å². The number of ether oxygens (including phenoxy) is 1. The first-order valence-corrected chi connectivity index (χ1v) is 5.33. The molecule has 0 radical (unpaired) electrons. The Labute approximate surface area is 77.8 Å². The molecule has 2 atom stereocenters. The van der Waals surface area contributed by atoms with Gasteiger partial charge in [-0.25, -0.2) is 0 Å². The van der Waals surface area contributed by atoms with Crippen molar-refractivity contribution in [2.75, 3.05) is 12.4 Å². The van der Waals surface area contributed by atoms with E-state index in [2.05, 4.69) is 6.58 Å². The molecule has 0 aliphatic carbocycles. The zero-order valence-electron chi connectivity index (χ0n) is 7.38. The molecule has 0 aliphatic heterocycles. The molecule has 0 heterocycles. The predicted octanol–water partition coefficient (Wildman–Crippen LogP) is -0.174. The van der Waals surface area contributed by atoms with E-state index in [4.69, 9.17) is 9.29 Å². The van der Waals surface area contributed by atoms with Crippen LogP contribution in [-0.2, 0) is 14.9 Å². The molecule has 0 rings (SSSR count). The van der Waals surface area contributed by atoms with E-state index in [1.807, 2.05) is 0 Å². The molecule has 2 N–H and O–H groups in total. The van der Waals surface area contributed by atoms with Crippen LogP contribution in [0, 0.1) is 0 Å². The van der Waals surface area contributed by atoms with E-state index in [0.29, 0.717) is 0 Å². The van der Waals surface area contributed by atoms with Gasteiger partial charge in [-0.05, 0) is 6.92 Å². The fraction of sp³-hybridized carbons (Fsp3) is 0.714. The molecule has 0 aliphatic rings. The van der Waals surface area contributed by atoms with Crippen LogP contribution in [0.5, 0.6) is 0 Å². The molecular formula is C7H14O5S. The third kappa shape index (κ3) is 6.71. The molecule has 0 bridgehead atoms. The highest BCUT2D eigenvalue weighted by molar-refractivity contribution is 7.85. The topological polar surface area (TPSA) is 83.8 Å². The normalized spacial score (nSPS) is 16.5. The molecule has 0 fully saturated rings. The quantitative estimate of drug-likeness (QED) is 0.469. The molecule has 0 amide bonds. The molecule has 0 aromatic carbocycles. The standard InChI is InChI=1S/C7H14O5S/c1-3-4-12-6(2)7(8)5-13(9,10)11/h3,6-8H,1,4-5H2,2H3,(H,9,10,11). The van der Waals surface area contributed by atoms with Gasteiger partial charge in [0.1, 0.15) is 5.75 Å². The smallest absolute Gasteiger partial charge is 0.267 e. The van der Waals surface area contributed by atoms with E-state index in [0.717, 1.165) is 0 Å². The predicted molar refractivity (Wildman–Crippen MR) is 48.0 cm³/mol.